The summed E-state index contributed by atoms with van der Waals surface area (Å²) in [6.07, 6.45) is 3.24. The molecular formula is C19H24N2O4S2. The lowest BCUT2D eigenvalue weighted by molar-refractivity contribution is -0.384. The predicted octanol–water partition coefficient (Wildman–Crippen LogP) is 5.30. The van der Waals surface area contributed by atoms with Crippen LogP contribution in [0.1, 0.15) is 40.0 Å². The molecule has 0 amide bonds. The van der Waals surface area contributed by atoms with Crippen molar-refractivity contribution in [3.8, 4) is 0 Å². The minimum Gasteiger partial charge on any atom is -0.461 e. The van der Waals surface area contributed by atoms with Crippen LogP contribution in [0.5, 0.6) is 0 Å². The molecule has 0 radical (unpaired) electrons. The molecule has 3 rings (SSSR count). The van der Waals surface area contributed by atoms with Gasteiger partial charge in [0.15, 0.2) is 4.34 Å². The lowest BCUT2D eigenvalue weighted by Crippen LogP contribution is -2.36. The molecule has 146 valence electrons. The van der Waals surface area contributed by atoms with Crippen LogP contribution >= 0.6 is 23.1 Å². The molecule has 1 aromatic heterocycles. The average Bonchev–Trinajstić information content (AvgIpc) is 3.01. The SMILES string of the molecule is CC(C)[C@@H]1CC[C@H](C)C[C@H]1OC(=O)CSc1nc2ccc([N+](=O)[O-])cc2s1. The van der Waals surface area contributed by atoms with E-state index in [2.05, 4.69) is 25.8 Å². The Morgan fingerprint density at radius 2 is 2.22 bits per heavy atom. The number of thiazole rings is 1. The zero-order chi connectivity index (χ0) is 19.6. The third kappa shape index (κ3) is 4.99. The summed E-state index contributed by atoms with van der Waals surface area (Å²) in [5, 5.41) is 10.9. The second kappa shape index (κ2) is 8.56. The Labute approximate surface area is 166 Å². The number of benzene rings is 1. The minimum atomic E-state index is -0.417. The highest BCUT2D eigenvalue weighted by Gasteiger charge is 2.33. The summed E-state index contributed by atoms with van der Waals surface area (Å²) in [5.74, 6) is 1.51. The monoisotopic (exact) mass is 408 g/mol. The van der Waals surface area contributed by atoms with Crippen LogP contribution in [0.2, 0.25) is 0 Å². The highest BCUT2D eigenvalue weighted by Crippen LogP contribution is 2.36. The number of carbonyl (C=O) groups is 1. The van der Waals surface area contributed by atoms with Crippen LogP contribution < -0.4 is 0 Å². The van der Waals surface area contributed by atoms with E-state index in [9.17, 15) is 14.9 Å². The van der Waals surface area contributed by atoms with Crippen molar-refractivity contribution in [2.24, 2.45) is 17.8 Å². The Bertz CT molecular complexity index is 836. The Balaban J connectivity index is 1.60. The smallest absolute Gasteiger partial charge is 0.316 e. The second-order valence-electron chi connectivity index (χ2n) is 7.53. The predicted molar refractivity (Wildman–Crippen MR) is 108 cm³/mol. The molecule has 27 heavy (non-hydrogen) atoms. The summed E-state index contributed by atoms with van der Waals surface area (Å²) in [4.78, 5) is 27.3. The fourth-order valence-electron chi connectivity index (χ4n) is 3.64. The topological polar surface area (TPSA) is 82.3 Å². The van der Waals surface area contributed by atoms with E-state index >= 15 is 0 Å². The first-order valence-corrected chi connectivity index (χ1v) is 11.0. The van der Waals surface area contributed by atoms with Crippen molar-refractivity contribution in [1.29, 1.82) is 0 Å². The van der Waals surface area contributed by atoms with Crippen molar-refractivity contribution in [2.75, 3.05) is 5.75 Å². The van der Waals surface area contributed by atoms with E-state index in [0.29, 0.717) is 23.3 Å². The number of hydrogen-bond donors (Lipinski definition) is 0. The van der Waals surface area contributed by atoms with E-state index in [1.165, 1.54) is 41.7 Å². The largest absolute Gasteiger partial charge is 0.461 e. The second-order valence-corrected chi connectivity index (χ2v) is 9.79. The maximum atomic E-state index is 12.4. The van der Waals surface area contributed by atoms with Crippen LogP contribution in [0.3, 0.4) is 0 Å². The van der Waals surface area contributed by atoms with Gasteiger partial charge in [0.05, 0.1) is 20.9 Å². The molecule has 0 saturated heterocycles. The zero-order valence-corrected chi connectivity index (χ0v) is 17.3. The standard InChI is InChI=1S/C19H24N2O4S2/c1-11(2)14-6-4-12(3)8-16(14)25-18(22)10-26-19-20-15-7-5-13(21(23)24)9-17(15)27-19/h5,7,9,11-12,14,16H,4,6,8,10H2,1-3H3/t12-,14-,16+/m0/s1. The number of thioether (sulfide) groups is 1. The molecule has 0 unspecified atom stereocenters. The fraction of sp³-hybridized carbons (Fsp3) is 0.579. The number of fused-ring (bicyclic) bond motifs is 1. The van der Waals surface area contributed by atoms with E-state index in [1.54, 1.807) is 6.07 Å². The van der Waals surface area contributed by atoms with Crippen molar-refractivity contribution in [3.63, 3.8) is 0 Å². The van der Waals surface area contributed by atoms with E-state index in [4.69, 9.17) is 4.74 Å². The van der Waals surface area contributed by atoms with Gasteiger partial charge >= 0.3 is 5.97 Å². The Morgan fingerprint density at radius 3 is 2.93 bits per heavy atom. The Morgan fingerprint density at radius 1 is 1.44 bits per heavy atom. The number of hydrogen-bond acceptors (Lipinski definition) is 7. The first-order chi connectivity index (χ1) is 12.8. The Hall–Kier alpha value is -1.67. The average molecular weight is 409 g/mol. The molecular weight excluding hydrogens is 384 g/mol. The van der Waals surface area contributed by atoms with Crippen molar-refractivity contribution in [3.05, 3.63) is 28.3 Å². The molecule has 2 aromatic rings. The molecule has 1 aliphatic carbocycles. The van der Waals surface area contributed by atoms with Gasteiger partial charge in [0.2, 0.25) is 0 Å². The minimum absolute atomic E-state index is 0.000123. The first-order valence-electron chi connectivity index (χ1n) is 9.20. The van der Waals surface area contributed by atoms with Gasteiger partial charge in [-0.25, -0.2) is 4.98 Å². The van der Waals surface area contributed by atoms with Gasteiger partial charge in [-0.05, 0) is 36.7 Å². The molecule has 3 atom stereocenters. The van der Waals surface area contributed by atoms with Gasteiger partial charge in [-0.15, -0.1) is 11.3 Å². The van der Waals surface area contributed by atoms with Crippen molar-refractivity contribution < 1.29 is 14.5 Å². The number of carbonyl (C=O) groups excluding carboxylic acids is 1. The Kier molecular flexibility index (Phi) is 6.37. The molecule has 1 saturated carbocycles. The molecule has 0 spiro atoms. The summed E-state index contributed by atoms with van der Waals surface area (Å²) in [6.45, 7) is 6.60. The lowest BCUT2D eigenvalue weighted by Gasteiger charge is -2.36. The van der Waals surface area contributed by atoms with Crippen LogP contribution in [0.4, 0.5) is 5.69 Å². The quantitative estimate of drug-likeness (QED) is 0.279. The molecule has 1 heterocycles. The van der Waals surface area contributed by atoms with Gasteiger partial charge in [0.25, 0.3) is 5.69 Å². The van der Waals surface area contributed by atoms with E-state index in [1.807, 2.05) is 0 Å². The number of nitro benzene ring substituents is 1. The van der Waals surface area contributed by atoms with Gasteiger partial charge in [-0.2, -0.15) is 0 Å². The third-order valence-electron chi connectivity index (χ3n) is 5.12. The highest BCUT2D eigenvalue weighted by atomic mass is 32.2. The molecule has 0 N–H and O–H groups in total. The van der Waals surface area contributed by atoms with Crippen LogP contribution in [0.25, 0.3) is 10.2 Å². The van der Waals surface area contributed by atoms with Gasteiger partial charge in [-0.3, -0.25) is 14.9 Å². The van der Waals surface area contributed by atoms with Crippen LogP contribution in [0, 0.1) is 27.9 Å². The van der Waals surface area contributed by atoms with Gasteiger partial charge in [0, 0.05) is 12.1 Å². The number of esters is 1. The van der Waals surface area contributed by atoms with E-state index in [0.717, 1.165) is 21.9 Å². The van der Waals surface area contributed by atoms with Gasteiger partial charge in [-0.1, -0.05) is 39.0 Å². The molecule has 0 aliphatic heterocycles. The maximum absolute atomic E-state index is 12.4. The molecule has 0 bridgehead atoms. The van der Waals surface area contributed by atoms with Gasteiger partial charge < -0.3 is 4.74 Å². The molecule has 1 fully saturated rings. The number of nitrogens with zero attached hydrogens (tertiary/aromatic N) is 2. The van der Waals surface area contributed by atoms with Crippen molar-refractivity contribution in [1.82, 2.24) is 4.98 Å². The zero-order valence-electron chi connectivity index (χ0n) is 15.7. The van der Waals surface area contributed by atoms with Gasteiger partial charge in [0.1, 0.15) is 6.10 Å². The molecule has 1 aromatic carbocycles. The maximum Gasteiger partial charge on any atom is 0.316 e. The summed E-state index contributed by atoms with van der Waals surface area (Å²) < 4.78 is 7.28. The normalized spacial score (nSPS) is 22.9. The van der Waals surface area contributed by atoms with Crippen LogP contribution in [-0.4, -0.2) is 27.7 Å². The molecule has 8 heteroatoms. The van der Waals surface area contributed by atoms with E-state index < -0.39 is 4.92 Å². The summed E-state index contributed by atoms with van der Waals surface area (Å²) in [5.41, 5.74) is 0.760. The third-order valence-corrected chi connectivity index (χ3v) is 7.26. The fourth-order valence-corrected chi connectivity index (χ4v) is 5.53. The molecule has 1 aliphatic rings. The van der Waals surface area contributed by atoms with Crippen molar-refractivity contribution >= 4 is 45.0 Å². The van der Waals surface area contributed by atoms with E-state index in [-0.39, 0.29) is 23.5 Å². The highest BCUT2D eigenvalue weighted by molar-refractivity contribution is 8.01. The summed E-state index contributed by atoms with van der Waals surface area (Å²) >= 11 is 2.69. The first kappa shape index (κ1) is 20.1. The number of aromatic nitrogens is 1. The number of non-ortho nitro benzene ring substituents is 1. The van der Waals surface area contributed by atoms with Crippen LogP contribution in [-0.2, 0) is 9.53 Å². The number of rotatable bonds is 6. The molecule has 6 nitrogen and oxygen atoms in total. The summed E-state index contributed by atoms with van der Waals surface area (Å²) in [7, 11) is 0. The van der Waals surface area contributed by atoms with Crippen LogP contribution in [0.15, 0.2) is 22.5 Å². The lowest BCUT2D eigenvalue weighted by atomic mass is 9.75. The van der Waals surface area contributed by atoms with Crippen molar-refractivity contribution in [2.45, 2.75) is 50.5 Å². The number of nitro groups is 1. The number of ether oxygens (including phenoxy) is 1. The summed E-state index contributed by atoms with van der Waals surface area (Å²) in [6, 6.07) is 4.61.